The number of rotatable bonds is 6. The molecule has 1 atom stereocenters. The fourth-order valence-corrected chi connectivity index (χ4v) is 2.70. The van der Waals surface area contributed by atoms with Crippen molar-refractivity contribution in [3.63, 3.8) is 0 Å². The highest BCUT2D eigenvalue weighted by Crippen LogP contribution is 2.28. The normalized spacial score (nSPS) is 17.3. The molecule has 1 aliphatic carbocycles. The quantitative estimate of drug-likeness (QED) is 0.735. The van der Waals surface area contributed by atoms with Gasteiger partial charge in [-0.05, 0) is 36.6 Å². The number of primary amides is 1. The van der Waals surface area contributed by atoms with Crippen LogP contribution in [0.15, 0.2) is 24.3 Å². The van der Waals surface area contributed by atoms with Crippen LogP contribution in [0.1, 0.15) is 42.5 Å². The van der Waals surface area contributed by atoms with Gasteiger partial charge in [-0.25, -0.2) is 0 Å². The Bertz CT molecular complexity index is 411. The molecule has 0 heterocycles. The lowest BCUT2D eigenvalue weighted by Crippen LogP contribution is -2.22. The fraction of sp³-hybridized carbons (Fsp3) is 0.533. The molecule has 1 aliphatic rings. The van der Waals surface area contributed by atoms with Gasteiger partial charge in [-0.15, -0.1) is 0 Å². The third-order valence-corrected chi connectivity index (χ3v) is 3.79. The highest BCUT2D eigenvalue weighted by molar-refractivity contribution is 5.93. The standard InChI is InChI=1S/C15H22N2O2/c16-15(19)12-5-7-13(8-6-12)17-10-14(18)9-11-3-1-2-4-11/h5-8,11,14,17-18H,1-4,9-10H2,(H2,16,19). The minimum Gasteiger partial charge on any atom is -0.391 e. The summed E-state index contributed by atoms with van der Waals surface area (Å²) in [5, 5.41) is 13.2. The van der Waals surface area contributed by atoms with Gasteiger partial charge in [0.15, 0.2) is 0 Å². The molecule has 0 spiro atoms. The van der Waals surface area contributed by atoms with E-state index in [4.69, 9.17) is 5.73 Å². The Labute approximate surface area is 114 Å². The van der Waals surface area contributed by atoms with Crippen molar-refractivity contribution in [1.82, 2.24) is 0 Å². The van der Waals surface area contributed by atoms with Crippen molar-refractivity contribution in [2.24, 2.45) is 11.7 Å². The third kappa shape index (κ3) is 4.24. The molecular weight excluding hydrogens is 240 g/mol. The van der Waals surface area contributed by atoms with Crippen molar-refractivity contribution in [3.05, 3.63) is 29.8 Å². The van der Waals surface area contributed by atoms with E-state index < -0.39 is 5.91 Å². The minimum absolute atomic E-state index is 0.307. The topological polar surface area (TPSA) is 75.4 Å². The minimum atomic E-state index is -0.423. The fourth-order valence-electron chi connectivity index (χ4n) is 2.70. The summed E-state index contributed by atoms with van der Waals surface area (Å²) < 4.78 is 0. The summed E-state index contributed by atoms with van der Waals surface area (Å²) in [4.78, 5) is 10.9. The highest BCUT2D eigenvalue weighted by Gasteiger charge is 2.18. The van der Waals surface area contributed by atoms with Crippen LogP contribution < -0.4 is 11.1 Å². The average molecular weight is 262 g/mol. The van der Waals surface area contributed by atoms with E-state index >= 15 is 0 Å². The van der Waals surface area contributed by atoms with Gasteiger partial charge < -0.3 is 16.2 Å². The Balaban J connectivity index is 1.76. The van der Waals surface area contributed by atoms with E-state index in [-0.39, 0.29) is 6.10 Å². The van der Waals surface area contributed by atoms with E-state index in [9.17, 15) is 9.90 Å². The van der Waals surface area contributed by atoms with Crippen molar-refractivity contribution in [1.29, 1.82) is 0 Å². The van der Waals surface area contributed by atoms with E-state index in [2.05, 4.69) is 5.32 Å². The van der Waals surface area contributed by atoms with E-state index in [1.807, 2.05) is 12.1 Å². The smallest absolute Gasteiger partial charge is 0.248 e. The number of benzene rings is 1. The number of hydrogen-bond acceptors (Lipinski definition) is 3. The molecule has 0 saturated heterocycles. The van der Waals surface area contributed by atoms with Gasteiger partial charge in [0.25, 0.3) is 0 Å². The molecule has 4 nitrogen and oxygen atoms in total. The molecule has 1 fully saturated rings. The van der Waals surface area contributed by atoms with Gasteiger partial charge >= 0.3 is 0 Å². The lowest BCUT2D eigenvalue weighted by molar-refractivity contribution is 0.1000. The van der Waals surface area contributed by atoms with Crippen LogP contribution in [0.3, 0.4) is 0 Å². The van der Waals surface area contributed by atoms with Crippen LogP contribution in [0.4, 0.5) is 5.69 Å². The van der Waals surface area contributed by atoms with Gasteiger partial charge in [0.05, 0.1) is 6.10 Å². The van der Waals surface area contributed by atoms with E-state index in [1.54, 1.807) is 12.1 Å². The van der Waals surface area contributed by atoms with Crippen LogP contribution >= 0.6 is 0 Å². The first-order valence-electron chi connectivity index (χ1n) is 6.97. The molecule has 1 aromatic carbocycles. The summed E-state index contributed by atoms with van der Waals surface area (Å²) in [6.45, 7) is 0.548. The average Bonchev–Trinajstić information content (AvgIpc) is 2.89. The van der Waals surface area contributed by atoms with Gasteiger partial charge in [-0.3, -0.25) is 4.79 Å². The highest BCUT2D eigenvalue weighted by atomic mass is 16.3. The second kappa shape index (κ2) is 6.57. The number of anilines is 1. The number of amides is 1. The summed E-state index contributed by atoms with van der Waals surface area (Å²) >= 11 is 0. The van der Waals surface area contributed by atoms with Crippen LogP contribution in [0.2, 0.25) is 0 Å². The maximum Gasteiger partial charge on any atom is 0.248 e. The van der Waals surface area contributed by atoms with Crippen LogP contribution in [0.25, 0.3) is 0 Å². The molecule has 4 N–H and O–H groups in total. The van der Waals surface area contributed by atoms with E-state index in [0.717, 1.165) is 12.1 Å². The molecule has 2 rings (SSSR count). The predicted molar refractivity (Wildman–Crippen MR) is 76.0 cm³/mol. The molecule has 1 amide bonds. The molecule has 0 radical (unpaired) electrons. The van der Waals surface area contributed by atoms with Crippen molar-refractivity contribution in [2.75, 3.05) is 11.9 Å². The molecule has 1 unspecified atom stereocenters. The Kier molecular flexibility index (Phi) is 4.80. The van der Waals surface area contributed by atoms with Crippen molar-refractivity contribution >= 4 is 11.6 Å². The van der Waals surface area contributed by atoms with Gasteiger partial charge in [0.1, 0.15) is 0 Å². The van der Waals surface area contributed by atoms with Gasteiger partial charge in [0.2, 0.25) is 5.91 Å². The van der Waals surface area contributed by atoms with E-state index in [1.165, 1.54) is 25.7 Å². The summed E-state index contributed by atoms with van der Waals surface area (Å²) in [5.74, 6) is 0.266. The number of aliphatic hydroxyl groups is 1. The second-order valence-electron chi connectivity index (χ2n) is 5.36. The largest absolute Gasteiger partial charge is 0.391 e. The Morgan fingerprint density at radius 3 is 2.53 bits per heavy atom. The molecule has 4 heteroatoms. The van der Waals surface area contributed by atoms with Gasteiger partial charge in [-0.2, -0.15) is 0 Å². The Hall–Kier alpha value is -1.55. The number of carbonyl (C=O) groups excluding carboxylic acids is 1. The second-order valence-corrected chi connectivity index (χ2v) is 5.36. The monoisotopic (exact) mass is 262 g/mol. The first-order valence-corrected chi connectivity index (χ1v) is 6.97. The summed E-state index contributed by atoms with van der Waals surface area (Å²) in [7, 11) is 0. The molecule has 1 saturated carbocycles. The zero-order valence-corrected chi connectivity index (χ0v) is 11.1. The lowest BCUT2D eigenvalue weighted by Gasteiger charge is -2.16. The molecule has 0 bridgehead atoms. The zero-order chi connectivity index (χ0) is 13.7. The molecule has 1 aromatic rings. The molecule has 0 aliphatic heterocycles. The van der Waals surface area contributed by atoms with Crippen LogP contribution in [0, 0.1) is 5.92 Å². The molecule has 104 valence electrons. The van der Waals surface area contributed by atoms with Crippen molar-refractivity contribution in [2.45, 2.75) is 38.2 Å². The van der Waals surface area contributed by atoms with Crippen molar-refractivity contribution < 1.29 is 9.90 Å². The van der Waals surface area contributed by atoms with Gasteiger partial charge in [0, 0.05) is 17.8 Å². The summed E-state index contributed by atoms with van der Waals surface area (Å²) in [6.07, 6.45) is 5.69. The van der Waals surface area contributed by atoms with Gasteiger partial charge in [-0.1, -0.05) is 25.7 Å². The Morgan fingerprint density at radius 1 is 1.32 bits per heavy atom. The van der Waals surface area contributed by atoms with Crippen molar-refractivity contribution in [3.8, 4) is 0 Å². The zero-order valence-electron chi connectivity index (χ0n) is 11.1. The lowest BCUT2D eigenvalue weighted by atomic mass is 10.00. The summed E-state index contributed by atoms with van der Waals surface area (Å²) in [6, 6.07) is 6.99. The van der Waals surface area contributed by atoms with Crippen LogP contribution in [-0.4, -0.2) is 23.7 Å². The SMILES string of the molecule is NC(=O)c1ccc(NCC(O)CC2CCCC2)cc1. The molecule has 19 heavy (non-hydrogen) atoms. The maximum absolute atomic E-state index is 10.9. The Morgan fingerprint density at radius 2 is 1.95 bits per heavy atom. The van der Waals surface area contributed by atoms with E-state index in [0.29, 0.717) is 18.0 Å². The molecule has 0 aromatic heterocycles. The maximum atomic E-state index is 10.9. The number of hydrogen-bond donors (Lipinski definition) is 3. The van der Waals surface area contributed by atoms with Crippen LogP contribution in [0.5, 0.6) is 0 Å². The first kappa shape index (κ1) is 13.9. The third-order valence-electron chi connectivity index (χ3n) is 3.79. The number of nitrogens with one attached hydrogen (secondary N) is 1. The number of aliphatic hydroxyl groups excluding tert-OH is 1. The summed E-state index contributed by atoms with van der Waals surface area (Å²) in [5.41, 5.74) is 6.57. The number of carbonyl (C=O) groups is 1. The van der Waals surface area contributed by atoms with Crippen LogP contribution in [-0.2, 0) is 0 Å². The first-order chi connectivity index (χ1) is 9.15. The molecular formula is C15H22N2O2. The number of nitrogens with two attached hydrogens (primary N) is 1. The predicted octanol–water partition coefficient (Wildman–Crippen LogP) is 2.14.